The van der Waals surface area contributed by atoms with Gasteiger partial charge in [-0.1, -0.05) is 0 Å². The van der Waals surface area contributed by atoms with Crippen LogP contribution in [0.25, 0.3) is 0 Å². The van der Waals surface area contributed by atoms with Crippen LogP contribution in [-0.4, -0.2) is 17.0 Å². The van der Waals surface area contributed by atoms with Crippen LogP contribution in [-0.2, 0) is 6.54 Å². The third-order valence-corrected chi connectivity index (χ3v) is 2.68. The van der Waals surface area contributed by atoms with Gasteiger partial charge >= 0.3 is 0 Å². The van der Waals surface area contributed by atoms with Crippen molar-refractivity contribution < 1.29 is 0 Å². The molecule has 0 aliphatic carbocycles. The quantitative estimate of drug-likeness (QED) is 0.856. The number of anilines is 2. The second-order valence-electron chi connectivity index (χ2n) is 3.29. The van der Waals surface area contributed by atoms with Crippen molar-refractivity contribution in [1.82, 2.24) is 9.97 Å². The standard InChI is InChI=1S/C10H12N4S/c1-14(5-9-6-15-7-13-9)10-3-2-8(11)4-12-10/h2-4,6-7H,5,11H2,1H3. The van der Waals surface area contributed by atoms with Crippen LogP contribution in [0.5, 0.6) is 0 Å². The molecule has 0 saturated heterocycles. The van der Waals surface area contributed by atoms with Gasteiger partial charge in [0.05, 0.1) is 29.6 Å². The lowest BCUT2D eigenvalue weighted by atomic mass is 10.4. The maximum Gasteiger partial charge on any atom is 0.128 e. The van der Waals surface area contributed by atoms with Crippen molar-refractivity contribution in [2.45, 2.75) is 6.54 Å². The third-order valence-electron chi connectivity index (χ3n) is 2.04. The Morgan fingerprint density at radius 1 is 1.40 bits per heavy atom. The van der Waals surface area contributed by atoms with E-state index in [0.29, 0.717) is 5.69 Å². The van der Waals surface area contributed by atoms with E-state index in [1.165, 1.54) is 0 Å². The van der Waals surface area contributed by atoms with E-state index < -0.39 is 0 Å². The summed E-state index contributed by atoms with van der Waals surface area (Å²) in [6.07, 6.45) is 1.66. The molecule has 0 unspecified atom stereocenters. The van der Waals surface area contributed by atoms with E-state index in [2.05, 4.69) is 9.97 Å². The summed E-state index contributed by atoms with van der Waals surface area (Å²) < 4.78 is 0. The highest BCUT2D eigenvalue weighted by Crippen LogP contribution is 2.13. The molecule has 2 N–H and O–H groups in total. The highest BCUT2D eigenvalue weighted by Gasteiger charge is 2.04. The van der Waals surface area contributed by atoms with Crippen LogP contribution in [0.15, 0.2) is 29.2 Å². The molecule has 2 aromatic rings. The smallest absolute Gasteiger partial charge is 0.128 e. The van der Waals surface area contributed by atoms with E-state index in [0.717, 1.165) is 18.1 Å². The highest BCUT2D eigenvalue weighted by molar-refractivity contribution is 7.07. The normalized spacial score (nSPS) is 10.2. The van der Waals surface area contributed by atoms with Crippen LogP contribution < -0.4 is 10.6 Å². The molecule has 0 aromatic carbocycles. The molecular weight excluding hydrogens is 208 g/mol. The highest BCUT2D eigenvalue weighted by atomic mass is 32.1. The molecule has 0 radical (unpaired) electrons. The number of nitrogens with two attached hydrogens (primary N) is 1. The summed E-state index contributed by atoms with van der Waals surface area (Å²) in [5, 5.41) is 2.04. The first kappa shape index (κ1) is 9.92. The number of thiazole rings is 1. The lowest BCUT2D eigenvalue weighted by Crippen LogP contribution is -2.17. The number of pyridine rings is 1. The van der Waals surface area contributed by atoms with Crippen LogP contribution in [0.4, 0.5) is 11.5 Å². The molecule has 0 aliphatic heterocycles. The van der Waals surface area contributed by atoms with E-state index in [-0.39, 0.29) is 0 Å². The van der Waals surface area contributed by atoms with E-state index in [9.17, 15) is 0 Å². The lowest BCUT2D eigenvalue weighted by Gasteiger charge is -2.16. The van der Waals surface area contributed by atoms with Gasteiger partial charge in [0.2, 0.25) is 0 Å². The Balaban J connectivity index is 2.08. The molecule has 4 nitrogen and oxygen atoms in total. The monoisotopic (exact) mass is 220 g/mol. The summed E-state index contributed by atoms with van der Waals surface area (Å²) >= 11 is 1.60. The van der Waals surface area contributed by atoms with Gasteiger partial charge in [-0.2, -0.15) is 0 Å². The molecule has 5 heteroatoms. The molecular formula is C10H12N4S. The number of hydrogen-bond acceptors (Lipinski definition) is 5. The fourth-order valence-corrected chi connectivity index (χ4v) is 1.81. The number of rotatable bonds is 3. The Bertz CT molecular complexity index is 409. The molecule has 2 aromatic heterocycles. The molecule has 78 valence electrons. The summed E-state index contributed by atoms with van der Waals surface area (Å²) in [5.74, 6) is 0.900. The Hall–Kier alpha value is -1.62. The summed E-state index contributed by atoms with van der Waals surface area (Å²) in [6, 6.07) is 3.75. The van der Waals surface area contributed by atoms with E-state index >= 15 is 0 Å². The Morgan fingerprint density at radius 3 is 2.87 bits per heavy atom. The predicted molar refractivity (Wildman–Crippen MR) is 62.9 cm³/mol. The van der Waals surface area contributed by atoms with E-state index in [1.807, 2.05) is 35.0 Å². The number of aromatic nitrogens is 2. The van der Waals surface area contributed by atoms with Crippen LogP contribution in [0.2, 0.25) is 0 Å². The average Bonchev–Trinajstić information content (AvgIpc) is 2.71. The number of nitrogens with zero attached hydrogens (tertiary/aromatic N) is 3. The summed E-state index contributed by atoms with van der Waals surface area (Å²) in [4.78, 5) is 10.5. The number of nitrogen functional groups attached to an aromatic ring is 1. The van der Waals surface area contributed by atoms with Crippen molar-refractivity contribution in [2.24, 2.45) is 0 Å². The topological polar surface area (TPSA) is 55.0 Å². The summed E-state index contributed by atoms with van der Waals surface area (Å²) in [6.45, 7) is 0.764. The molecule has 0 fully saturated rings. The minimum Gasteiger partial charge on any atom is -0.397 e. The molecule has 0 amide bonds. The van der Waals surface area contributed by atoms with Gasteiger partial charge in [-0.25, -0.2) is 9.97 Å². The molecule has 0 spiro atoms. The molecule has 15 heavy (non-hydrogen) atoms. The predicted octanol–water partition coefficient (Wildman–Crippen LogP) is 1.76. The maximum absolute atomic E-state index is 5.57. The number of hydrogen-bond donors (Lipinski definition) is 1. The van der Waals surface area contributed by atoms with Gasteiger partial charge in [0.1, 0.15) is 5.82 Å². The zero-order valence-corrected chi connectivity index (χ0v) is 9.24. The van der Waals surface area contributed by atoms with Crippen molar-refractivity contribution in [3.8, 4) is 0 Å². The van der Waals surface area contributed by atoms with Gasteiger partial charge in [-0.15, -0.1) is 11.3 Å². The van der Waals surface area contributed by atoms with Gasteiger partial charge in [-0.3, -0.25) is 0 Å². The Kier molecular flexibility index (Phi) is 2.82. The van der Waals surface area contributed by atoms with E-state index in [4.69, 9.17) is 5.73 Å². The van der Waals surface area contributed by atoms with Gasteiger partial charge in [0.15, 0.2) is 0 Å². The van der Waals surface area contributed by atoms with Gasteiger partial charge in [0.25, 0.3) is 0 Å². The van der Waals surface area contributed by atoms with Crippen molar-refractivity contribution in [2.75, 3.05) is 17.7 Å². The molecule has 0 saturated carbocycles. The summed E-state index contributed by atoms with van der Waals surface area (Å²) in [5.41, 5.74) is 9.14. The van der Waals surface area contributed by atoms with Crippen molar-refractivity contribution in [1.29, 1.82) is 0 Å². The first-order chi connectivity index (χ1) is 7.25. The van der Waals surface area contributed by atoms with Crippen LogP contribution in [0.3, 0.4) is 0 Å². The van der Waals surface area contributed by atoms with Crippen molar-refractivity contribution in [3.05, 3.63) is 34.9 Å². The molecule has 0 bridgehead atoms. The van der Waals surface area contributed by atoms with Crippen molar-refractivity contribution in [3.63, 3.8) is 0 Å². The maximum atomic E-state index is 5.57. The second kappa shape index (κ2) is 4.27. The first-order valence-corrected chi connectivity index (χ1v) is 5.50. The van der Waals surface area contributed by atoms with Crippen LogP contribution in [0.1, 0.15) is 5.69 Å². The Morgan fingerprint density at radius 2 is 2.27 bits per heavy atom. The minimum absolute atomic E-state index is 0.681. The van der Waals surface area contributed by atoms with E-state index in [1.54, 1.807) is 17.5 Å². The molecule has 2 heterocycles. The SMILES string of the molecule is CN(Cc1cscn1)c1ccc(N)cn1. The fourth-order valence-electron chi connectivity index (χ4n) is 1.26. The zero-order chi connectivity index (χ0) is 10.7. The average molecular weight is 220 g/mol. The van der Waals surface area contributed by atoms with Gasteiger partial charge in [-0.05, 0) is 12.1 Å². The molecule has 0 atom stereocenters. The lowest BCUT2D eigenvalue weighted by molar-refractivity contribution is 0.874. The van der Waals surface area contributed by atoms with Crippen LogP contribution in [0, 0.1) is 0 Å². The van der Waals surface area contributed by atoms with Gasteiger partial charge < -0.3 is 10.6 Å². The Labute approximate surface area is 92.4 Å². The van der Waals surface area contributed by atoms with Gasteiger partial charge in [0, 0.05) is 12.4 Å². The second-order valence-corrected chi connectivity index (χ2v) is 4.00. The fraction of sp³-hybridized carbons (Fsp3) is 0.200. The summed E-state index contributed by atoms with van der Waals surface area (Å²) in [7, 11) is 1.98. The minimum atomic E-state index is 0.681. The zero-order valence-electron chi connectivity index (χ0n) is 8.42. The third kappa shape index (κ3) is 2.44. The van der Waals surface area contributed by atoms with Crippen LogP contribution >= 0.6 is 11.3 Å². The largest absolute Gasteiger partial charge is 0.397 e. The molecule has 2 rings (SSSR count). The first-order valence-electron chi connectivity index (χ1n) is 4.55. The van der Waals surface area contributed by atoms with Crippen molar-refractivity contribution >= 4 is 22.8 Å². The molecule has 0 aliphatic rings.